The van der Waals surface area contributed by atoms with Gasteiger partial charge in [-0.3, -0.25) is 4.79 Å². The summed E-state index contributed by atoms with van der Waals surface area (Å²) in [5.74, 6) is -0.266. The highest BCUT2D eigenvalue weighted by Gasteiger charge is 2.31. The minimum atomic E-state index is -4.45. The number of phenols is 1. The van der Waals surface area contributed by atoms with E-state index in [9.17, 15) is 23.1 Å². The summed E-state index contributed by atoms with van der Waals surface area (Å²) in [7, 11) is 0. The van der Waals surface area contributed by atoms with Crippen molar-refractivity contribution < 1.29 is 23.1 Å². The fourth-order valence-electron chi connectivity index (χ4n) is 3.56. The van der Waals surface area contributed by atoms with Crippen LogP contribution in [0.2, 0.25) is 0 Å². The van der Waals surface area contributed by atoms with Gasteiger partial charge in [-0.1, -0.05) is 30.4 Å². The van der Waals surface area contributed by atoms with Crippen LogP contribution in [0, 0.1) is 0 Å². The molecule has 0 saturated carbocycles. The van der Waals surface area contributed by atoms with Crippen molar-refractivity contribution in [3.05, 3.63) is 65.7 Å². The normalized spacial score (nSPS) is 19.7. The quantitative estimate of drug-likeness (QED) is 0.741. The molecule has 0 fully saturated rings. The van der Waals surface area contributed by atoms with E-state index < -0.39 is 11.7 Å². The maximum Gasteiger partial charge on any atom is 0.416 e. The number of hydrogen-bond acceptors (Lipinski definition) is 2. The largest absolute Gasteiger partial charge is 0.508 e. The number of benzene rings is 2. The molecule has 3 rings (SSSR count). The molecule has 6 heteroatoms. The molecule has 142 valence electrons. The molecule has 0 heterocycles. The van der Waals surface area contributed by atoms with Gasteiger partial charge < -0.3 is 10.4 Å². The molecule has 1 aliphatic rings. The van der Waals surface area contributed by atoms with E-state index in [2.05, 4.69) is 5.32 Å². The summed E-state index contributed by atoms with van der Waals surface area (Å²) in [6.45, 7) is 1.44. The number of hydrogen-bond donors (Lipinski definition) is 2. The molecule has 2 aromatic rings. The second kappa shape index (κ2) is 7.47. The minimum Gasteiger partial charge on any atom is -0.508 e. The number of rotatable bonds is 3. The zero-order chi connectivity index (χ0) is 19.6. The third-order valence-electron chi connectivity index (χ3n) is 4.76. The lowest BCUT2D eigenvalue weighted by Crippen LogP contribution is -2.38. The van der Waals surface area contributed by atoms with Gasteiger partial charge in [0.1, 0.15) is 5.75 Å². The van der Waals surface area contributed by atoms with Gasteiger partial charge in [0.25, 0.3) is 0 Å². The smallest absolute Gasteiger partial charge is 0.416 e. The molecule has 0 bridgehead atoms. The highest BCUT2D eigenvalue weighted by Crippen LogP contribution is 2.39. The summed E-state index contributed by atoms with van der Waals surface area (Å²) in [5, 5.41) is 12.9. The van der Waals surface area contributed by atoms with Crippen molar-refractivity contribution in [2.75, 3.05) is 0 Å². The van der Waals surface area contributed by atoms with E-state index in [1.54, 1.807) is 12.1 Å². The first-order valence-electron chi connectivity index (χ1n) is 8.68. The van der Waals surface area contributed by atoms with Crippen molar-refractivity contribution in [3.63, 3.8) is 0 Å². The first kappa shape index (κ1) is 19.0. The van der Waals surface area contributed by atoms with Gasteiger partial charge in [-0.15, -0.1) is 0 Å². The number of amides is 1. The molecular formula is C21H20F3NO2. The van der Waals surface area contributed by atoms with Crippen LogP contribution in [-0.2, 0) is 11.0 Å². The van der Waals surface area contributed by atoms with Crippen molar-refractivity contribution in [2.45, 2.75) is 37.9 Å². The monoisotopic (exact) mass is 375 g/mol. The van der Waals surface area contributed by atoms with E-state index in [0.717, 1.165) is 17.7 Å². The molecule has 0 radical (unpaired) electrons. The molecular weight excluding hydrogens is 355 g/mol. The Morgan fingerprint density at radius 1 is 1.11 bits per heavy atom. The van der Waals surface area contributed by atoms with Gasteiger partial charge in [0.05, 0.1) is 5.56 Å². The fourth-order valence-corrected chi connectivity index (χ4v) is 3.56. The van der Waals surface area contributed by atoms with Crippen molar-refractivity contribution in [1.29, 1.82) is 0 Å². The van der Waals surface area contributed by atoms with Crippen molar-refractivity contribution in [3.8, 4) is 16.9 Å². The van der Waals surface area contributed by atoms with Gasteiger partial charge in [0, 0.05) is 18.9 Å². The first-order chi connectivity index (χ1) is 12.8. The van der Waals surface area contributed by atoms with Gasteiger partial charge in [-0.05, 0) is 53.8 Å². The summed E-state index contributed by atoms with van der Waals surface area (Å²) in [6.07, 6.45) is 0.849. The van der Waals surface area contributed by atoms with E-state index >= 15 is 0 Å². The van der Waals surface area contributed by atoms with Gasteiger partial charge in [-0.2, -0.15) is 13.2 Å². The van der Waals surface area contributed by atoms with Crippen LogP contribution in [-0.4, -0.2) is 17.1 Å². The van der Waals surface area contributed by atoms with Crippen LogP contribution in [0.25, 0.3) is 11.1 Å². The molecule has 27 heavy (non-hydrogen) atoms. The Kier molecular flexibility index (Phi) is 5.26. The van der Waals surface area contributed by atoms with Crippen LogP contribution < -0.4 is 5.32 Å². The number of alkyl halides is 3. The third-order valence-corrected chi connectivity index (χ3v) is 4.76. The second-order valence-corrected chi connectivity index (χ2v) is 6.71. The Morgan fingerprint density at radius 2 is 1.85 bits per heavy atom. The Morgan fingerprint density at radius 3 is 2.56 bits per heavy atom. The Labute approximate surface area is 155 Å². The van der Waals surface area contributed by atoms with Crippen LogP contribution in [0.5, 0.6) is 5.75 Å². The zero-order valence-corrected chi connectivity index (χ0v) is 14.8. The molecule has 2 atom stereocenters. The molecule has 1 amide bonds. The Bertz CT molecular complexity index is 874. The molecule has 0 aromatic heterocycles. The molecule has 0 saturated heterocycles. The van der Waals surface area contributed by atoms with Crippen LogP contribution in [0.15, 0.2) is 54.6 Å². The summed E-state index contributed by atoms with van der Waals surface area (Å²) in [4.78, 5) is 11.6. The lowest BCUT2D eigenvalue weighted by atomic mass is 9.80. The molecule has 2 unspecified atom stereocenters. The maximum absolute atomic E-state index is 13.1. The SMILES string of the molecule is CC(=O)NC1CC=CCC1c1ccc(O)cc1-c1cccc(C(F)(F)F)c1. The van der Waals surface area contributed by atoms with Crippen molar-refractivity contribution in [1.82, 2.24) is 5.32 Å². The van der Waals surface area contributed by atoms with E-state index in [1.165, 1.54) is 25.1 Å². The van der Waals surface area contributed by atoms with Gasteiger partial charge in [0.15, 0.2) is 0 Å². The fraction of sp³-hybridized carbons (Fsp3) is 0.286. The Balaban J connectivity index is 2.09. The van der Waals surface area contributed by atoms with Crippen LogP contribution in [0.4, 0.5) is 13.2 Å². The highest BCUT2D eigenvalue weighted by atomic mass is 19.4. The lowest BCUT2D eigenvalue weighted by Gasteiger charge is -2.31. The molecule has 1 aliphatic carbocycles. The predicted molar refractivity (Wildman–Crippen MR) is 97.3 cm³/mol. The van der Waals surface area contributed by atoms with Gasteiger partial charge >= 0.3 is 6.18 Å². The summed E-state index contributed by atoms with van der Waals surface area (Å²) >= 11 is 0. The number of carbonyl (C=O) groups is 1. The topological polar surface area (TPSA) is 49.3 Å². The number of phenolic OH excluding ortho intramolecular Hbond substituents is 1. The number of aromatic hydroxyl groups is 1. The molecule has 3 nitrogen and oxygen atoms in total. The lowest BCUT2D eigenvalue weighted by molar-refractivity contribution is -0.137. The second-order valence-electron chi connectivity index (χ2n) is 6.71. The van der Waals surface area contributed by atoms with E-state index in [4.69, 9.17) is 0 Å². The average Bonchev–Trinajstić information content (AvgIpc) is 2.61. The average molecular weight is 375 g/mol. The van der Waals surface area contributed by atoms with Crippen molar-refractivity contribution >= 4 is 5.91 Å². The van der Waals surface area contributed by atoms with Gasteiger partial charge in [-0.25, -0.2) is 0 Å². The summed E-state index contributed by atoms with van der Waals surface area (Å²) in [5.41, 5.74) is 0.982. The van der Waals surface area contributed by atoms with E-state index in [1.807, 2.05) is 12.2 Å². The number of carbonyl (C=O) groups excluding carboxylic acids is 1. The Hall–Kier alpha value is -2.76. The number of halogens is 3. The van der Waals surface area contributed by atoms with Gasteiger partial charge in [0.2, 0.25) is 5.91 Å². The van der Waals surface area contributed by atoms with E-state index in [0.29, 0.717) is 24.0 Å². The molecule has 0 spiro atoms. The number of allylic oxidation sites excluding steroid dienone is 1. The summed E-state index contributed by atoms with van der Waals surface area (Å²) < 4.78 is 39.4. The number of nitrogens with one attached hydrogen (secondary N) is 1. The first-order valence-corrected chi connectivity index (χ1v) is 8.68. The zero-order valence-electron chi connectivity index (χ0n) is 14.8. The standard InChI is InChI=1S/C21H20F3NO2/c1-13(26)25-20-8-3-2-7-18(20)17-10-9-16(27)12-19(17)14-5-4-6-15(11-14)21(22,23)24/h2-6,9-12,18,20,27H,7-8H2,1H3,(H,25,26). The van der Waals surface area contributed by atoms with Crippen LogP contribution >= 0.6 is 0 Å². The molecule has 2 aromatic carbocycles. The molecule has 0 aliphatic heterocycles. The highest BCUT2D eigenvalue weighted by molar-refractivity contribution is 5.74. The summed E-state index contributed by atoms with van der Waals surface area (Å²) in [6, 6.07) is 9.64. The predicted octanol–water partition coefficient (Wildman–Crippen LogP) is 5.02. The maximum atomic E-state index is 13.1. The van der Waals surface area contributed by atoms with Crippen molar-refractivity contribution in [2.24, 2.45) is 0 Å². The third kappa shape index (κ3) is 4.32. The van der Waals surface area contributed by atoms with E-state index in [-0.39, 0.29) is 23.6 Å². The molecule has 2 N–H and O–H groups in total. The minimum absolute atomic E-state index is 0.0198. The van der Waals surface area contributed by atoms with Crippen LogP contribution in [0.3, 0.4) is 0 Å². The van der Waals surface area contributed by atoms with Crippen LogP contribution in [0.1, 0.15) is 36.8 Å².